The van der Waals surface area contributed by atoms with Gasteiger partial charge in [-0.2, -0.15) is 0 Å². The number of nitrogens with zero attached hydrogens (tertiary/aromatic N) is 1. The third kappa shape index (κ3) is 7.75. The highest BCUT2D eigenvalue weighted by Gasteiger charge is 2.31. The second-order valence-corrected chi connectivity index (χ2v) is 9.37. The Morgan fingerprint density at radius 1 is 1.10 bits per heavy atom. The Labute approximate surface area is 194 Å². The number of carbonyl (C=O) groups excluding carboxylic acids is 2. The molecule has 0 aliphatic carbocycles. The average Bonchev–Trinajstić information content (AvgIpc) is 2.67. The van der Waals surface area contributed by atoms with Gasteiger partial charge in [-0.25, -0.2) is 0 Å². The van der Waals surface area contributed by atoms with Crippen molar-refractivity contribution < 1.29 is 14.3 Å². The van der Waals surface area contributed by atoms with Crippen LogP contribution in [0.2, 0.25) is 10.0 Å². The summed E-state index contributed by atoms with van der Waals surface area (Å²) in [6, 6.07) is 11.9. The van der Waals surface area contributed by atoms with Gasteiger partial charge in [0, 0.05) is 22.1 Å². The van der Waals surface area contributed by atoms with E-state index < -0.39 is 11.6 Å². The Bertz CT molecular complexity index is 908. The summed E-state index contributed by atoms with van der Waals surface area (Å²) in [4.78, 5) is 27.7. The first-order chi connectivity index (χ1) is 14.5. The molecule has 2 aromatic rings. The molecule has 0 radical (unpaired) electrons. The molecule has 2 amide bonds. The van der Waals surface area contributed by atoms with Crippen LogP contribution in [0.4, 0.5) is 0 Å². The van der Waals surface area contributed by atoms with E-state index in [2.05, 4.69) is 5.32 Å². The molecule has 1 N–H and O–H groups in total. The van der Waals surface area contributed by atoms with Crippen LogP contribution in [0, 0.1) is 6.92 Å². The van der Waals surface area contributed by atoms with Crippen molar-refractivity contribution >= 4 is 35.0 Å². The maximum atomic E-state index is 13.2. The van der Waals surface area contributed by atoms with Crippen LogP contribution in [0.25, 0.3) is 0 Å². The largest absolute Gasteiger partial charge is 0.484 e. The first-order valence-electron chi connectivity index (χ1n) is 10.2. The summed E-state index contributed by atoms with van der Waals surface area (Å²) in [5.74, 6) is 0.0712. The first kappa shape index (κ1) is 25.0. The molecule has 7 heteroatoms. The van der Waals surface area contributed by atoms with Crippen LogP contribution >= 0.6 is 23.2 Å². The number of amides is 2. The topological polar surface area (TPSA) is 58.6 Å². The number of rotatable bonds is 8. The van der Waals surface area contributed by atoms with Gasteiger partial charge >= 0.3 is 0 Å². The zero-order chi connectivity index (χ0) is 23.2. The molecule has 1 atom stereocenters. The van der Waals surface area contributed by atoms with Gasteiger partial charge in [0.05, 0.1) is 0 Å². The predicted octanol–water partition coefficient (Wildman–Crippen LogP) is 5.40. The molecular weight excluding hydrogens is 435 g/mol. The summed E-state index contributed by atoms with van der Waals surface area (Å²) in [6.45, 7) is 9.54. The van der Waals surface area contributed by atoms with Gasteiger partial charge in [-0.3, -0.25) is 9.59 Å². The second-order valence-electron chi connectivity index (χ2n) is 8.52. The van der Waals surface area contributed by atoms with Crippen molar-refractivity contribution in [2.24, 2.45) is 0 Å². The van der Waals surface area contributed by atoms with Gasteiger partial charge in [0.2, 0.25) is 5.91 Å². The van der Waals surface area contributed by atoms with E-state index in [0.29, 0.717) is 27.8 Å². The monoisotopic (exact) mass is 464 g/mol. The number of halogens is 2. The van der Waals surface area contributed by atoms with Crippen molar-refractivity contribution in [3.63, 3.8) is 0 Å². The van der Waals surface area contributed by atoms with E-state index in [1.807, 2.05) is 58.9 Å². The lowest BCUT2D eigenvalue weighted by molar-refractivity contribution is -0.143. The maximum absolute atomic E-state index is 13.2. The second kappa shape index (κ2) is 10.9. The smallest absolute Gasteiger partial charge is 0.261 e. The van der Waals surface area contributed by atoms with Crippen molar-refractivity contribution in [3.8, 4) is 5.75 Å². The van der Waals surface area contributed by atoms with Gasteiger partial charge in [-0.05, 0) is 63.9 Å². The Kier molecular flexibility index (Phi) is 8.78. The molecular formula is C24H30Cl2N2O3. The van der Waals surface area contributed by atoms with Gasteiger partial charge < -0.3 is 15.0 Å². The van der Waals surface area contributed by atoms with E-state index in [4.69, 9.17) is 27.9 Å². The summed E-state index contributed by atoms with van der Waals surface area (Å²) in [6.07, 6.45) is 0.448. The van der Waals surface area contributed by atoms with E-state index in [0.717, 1.165) is 5.56 Å². The zero-order valence-electron chi connectivity index (χ0n) is 18.7. The molecule has 0 saturated heterocycles. The van der Waals surface area contributed by atoms with Gasteiger partial charge in [-0.15, -0.1) is 0 Å². The van der Waals surface area contributed by atoms with Crippen molar-refractivity contribution in [2.45, 2.75) is 59.2 Å². The SMILES string of the molecule is CCC(C(=O)NC(C)(C)C)N(Cc1ccc(Cl)cc1Cl)C(=O)COc1ccc(C)cc1. The lowest BCUT2D eigenvalue weighted by Gasteiger charge is -2.33. The molecule has 168 valence electrons. The van der Waals surface area contributed by atoms with Gasteiger partial charge in [0.25, 0.3) is 5.91 Å². The maximum Gasteiger partial charge on any atom is 0.261 e. The standard InChI is InChI=1S/C24H30Cl2N2O3/c1-6-21(23(30)27-24(3,4)5)28(14-17-9-10-18(25)13-20(17)26)22(29)15-31-19-11-7-16(2)8-12-19/h7-13,21H,6,14-15H2,1-5H3,(H,27,30). The molecule has 0 saturated carbocycles. The lowest BCUT2D eigenvalue weighted by Crippen LogP contribution is -2.54. The van der Waals surface area contributed by atoms with Crippen molar-refractivity contribution in [1.82, 2.24) is 10.2 Å². The highest BCUT2D eigenvalue weighted by Crippen LogP contribution is 2.24. The normalized spacial score (nSPS) is 12.2. The Morgan fingerprint density at radius 3 is 2.29 bits per heavy atom. The Hall–Kier alpha value is -2.24. The molecule has 2 rings (SSSR count). The predicted molar refractivity (Wildman–Crippen MR) is 126 cm³/mol. The van der Waals surface area contributed by atoms with Crippen molar-refractivity contribution in [3.05, 3.63) is 63.6 Å². The molecule has 0 aromatic heterocycles. The lowest BCUT2D eigenvalue weighted by atomic mass is 10.1. The molecule has 2 aromatic carbocycles. The summed E-state index contributed by atoms with van der Waals surface area (Å²) in [5, 5.41) is 3.91. The van der Waals surface area contributed by atoms with Crippen LogP contribution < -0.4 is 10.1 Å². The molecule has 31 heavy (non-hydrogen) atoms. The number of aryl methyl sites for hydroxylation is 1. The molecule has 1 unspecified atom stereocenters. The number of hydrogen-bond donors (Lipinski definition) is 1. The van der Waals surface area contributed by atoms with E-state index >= 15 is 0 Å². The van der Waals surface area contributed by atoms with Crippen LogP contribution in [-0.2, 0) is 16.1 Å². The summed E-state index contributed by atoms with van der Waals surface area (Å²) in [7, 11) is 0. The Morgan fingerprint density at radius 2 is 1.74 bits per heavy atom. The van der Waals surface area contributed by atoms with Crippen LogP contribution in [0.15, 0.2) is 42.5 Å². The fourth-order valence-corrected chi connectivity index (χ4v) is 3.54. The van der Waals surface area contributed by atoms with E-state index in [1.165, 1.54) is 4.90 Å². The van der Waals surface area contributed by atoms with Gasteiger partial charge in [0.15, 0.2) is 6.61 Å². The molecule has 0 aliphatic rings. The molecule has 0 bridgehead atoms. The average molecular weight is 465 g/mol. The summed E-state index contributed by atoms with van der Waals surface area (Å²) in [5.41, 5.74) is 1.38. The molecule has 0 aliphatic heterocycles. The Balaban J connectivity index is 2.27. The first-order valence-corrected chi connectivity index (χ1v) is 11.0. The zero-order valence-corrected chi connectivity index (χ0v) is 20.2. The van der Waals surface area contributed by atoms with E-state index in [-0.39, 0.29) is 25.0 Å². The van der Waals surface area contributed by atoms with E-state index in [9.17, 15) is 9.59 Å². The minimum Gasteiger partial charge on any atom is -0.484 e. The molecule has 0 heterocycles. The van der Waals surface area contributed by atoms with Crippen LogP contribution in [0.1, 0.15) is 45.2 Å². The van der Waals surface area contributed by atoms with Crippen LogP contribution in [0.5, 0.6) is 5.75 Å². The summed E-state index contributed by atoms with van der Waals surface area (Å²) < 4.78 is 5.69. The van der Waals surface area contributed by atoms with Gasteiger partial charge in [0.1, 0.15) is 11.8 Å². The number of carbonyl (C=O) groups is 2. The van der Waals surface area contributed by atoms with Crippen LogP contribution in [-0.4, -0.2) is 34.9 Å². The highest BCUT2D eigenvalue weighted by atomic mass is 35.5. The molecule has 5 nitrogen and oxygen atoms in total. The highest BCUT2D eigenvalue weighted by molar-refractivity contribution is 6.35. The van der Waals surface area contributed by atoms with Crippen molar-refractivity contribution in [1.29, 1.82) is 0 Å². The third-order valence-electron chi connectivity index (χ3n) is 4.62. The fourth-order valence-electron chi connectivity index (χ4n) is 3.07. The molecule has 0 spiro atoms. The number of benzene rings is 2. The number of hydrogen-bond acceptors (Lipinski definition) is 3. The van der Waals surface area contributed by atoms with E-state index in [1.54, 1.807) is 18.2 Å². The third-order valence-corrected chi connectivity index (χ3v) is 5.21. The number of ether oxygens (including phenoxy) is 1. The van der Waals surface area contributed by atoms with Gasteiger partial charge in [-0.1, -0.05) is 53.9 Å². The fraction of sp³-hybridized carbons (Fsp3) is 0.417. The molecule has 0 fully saturated rings. The summed E-state index contributed by atoms with van der Waals surface area (Å²) >= 11 is 12.4. The van der Waals surface area contributed by atoms with Crippen LogP contribution in [0.3, 0.4) is 0 Å². The quantitative estimate of drug-likeness (QED) is 0.568. The number of nitrogens with one attached hydrogen (secondary N) is 1. The van der Waals surface area contributed by atoms with Crippen molar-refractivity contribution in [2.75, 3.05) is 6.61 Å². The minimum absolute atomic E-state index is 0.169. The minimum atomic E-state index is -0.667.